The summed E-state index contributed by atoms with van der Waals surface area (Å²) in [4.78, 5) is 15.7. The van der Waals surface area contributed by atoms with Crippen molar-refractivity contribution in [1.29, 1.82) is 5.26 Å². The minimum absolute atomic E-state index is 0.0711. The van der Waals surface area contributed by atoms with Crippen LogP contribution in [0.15, 0.2) is 0 Å². The summed E-state index contributed by atoms with van der Waals surface area (Å²) in [5, 5.41) is 8.73. The second-order valence-corrected chi connectivity index (χ2v) is 4.08. The molecule has 0 bridgehead atoms. The molecule has 1 atom stereocenters. The molecule has 2 saturated heterocycles. The number of carbonyl (C=O) groups excluding carboxylic acids is 1. The van der Waals surface area contributed by atoms with Crippen LogP contribution in [-0.4, -0.2) is 47.9 Å². The van der Waals surface area contributed by atoms with E-state index in [1.165, 1.54) is 0 Å². The average Bonchev–Trinajstić information content (AvgIpc) is 2.46. The Kier molecular flexibility index (Phi) is 2.42. The Balaban J connectivity index is 1.89. The first-order valence-corrected chi connectivity index (χ1v) is 5.16. The first-order chi connectivity index (χ1) is 6.74. The van der Waals surface area contributed by atoms with Crippen LogP contribution in [-0.2, 0) is 4.79 Å². The van der Waals surface area contributed by atoms with E-state index >= 15 is 0 Å². The zero-order valence-corrected chi connectivity index (χ0v) is 8.44. The molecule has 0 N–H and O–H groups in total. The lowest BCUT2D eigenvalue weighted by Gasteiger charge is -2.43. The lowest BCUT2D eigenvalue weighted by Crippen LogP contribution is -2.59. The molecule has 0 aromatic carbocycles. The highest BCUT2D eigenvalue weighted by atomic mass is 16.2. The molecular formula is C10H15N3O. The van der Waals surface area contributed by atoms with E-state index < -0.39 is 0 Å². The fourth-order valence-corrected chi connectivity index (χ4v) is 2.17. The van der Waals surface area contributed by atoms with Crippen molar-refractivity contribution < 1.29 is 4.79 Å². The summed E-state index contributed by atoms with van der Waals surface area (Å²) in [6, 6.07) is 2.55. The van der Waals surface area contributed by atoms with E-state index in [0.29, 0.717) is 19.0 Å². The normalized spacial score (nSPS) is 29.0. The summed E-state index contributed by atoms with van der Waals surface area (Å²) in [6.07, 6.45) is 0.430. The first kappa shape index (κ1) is 9.47. The van der Waals surface area contributed by atoms with Gasteiger partial charge in [0.25, 0.3) is 0 Å². The van der Waals surface area contributed by atoms with Crippen LogP contribution in [0.4, 0.5) is 0 Å². The van der Waals surface area contributed by atoms with Gasteiger partial charge in [0.1, 0.15) is 0 Å². The van der Waals surface area contributed by atoms with Gasteiger partial charge in [-0.3, -0.25) is 9.69 Å². The highest BCUT2D eigenvalue weighted by Gasteiger charge is 2.39. The minimum atomic E-state index is -0.0711. The monoisotopic (exact) mass is 193 g/mol. The Labute approximate surface area is 84.1 Å². The molecular weight excluding hydrogens is 178 g/mol. The minimum Gasteiger partial charge on any atom is -0.336 e. The highest BCUT2D eigenvalue weighted by molar-refractivity contribution is 5.79. The van der Waals surface area contributed by atoms with Crippen molar-refractivity contribution >= 4 is 5.91 Å². The van der Waals surface area contributed by atoms with Crippen molar-refractivity contribution in [3.8, 4) is 6.07 Å². The summed E-state index contributed by atoms with van der Waals surface area (Å²) in [6.45, 7) is 5.80. The highest BCUT2D eigenvalue weighted by Crippen LogP contribution is 2.23. The van der Waals surface area contributed by atoms with E-state index in [1.807, 2.05) is 4.90 Å². The molecule has 0 aromatic rings. The predicted octanol–water partition coefficient (Wildman–Crippen LogP) is 0.0626. The number of nitriles is 1. The molecule has 2 heterocycles. The van der Waals surface area contributed by atoms with Crippen LogP contribution in [0.3, 0.4) is 0 Å². The average molecular weight is 193 g/mol. The molecule has 1 unspecified atom stereocenters. The molecule has 0 aliphatic carbocycles. The second kappa shape index (κ2) is 3.58. The van der Waals surface area contributed by atoms with Gasteiger partial charge in [0.15, 0.2) is 0 Å². The van der Waals surface area contributed by atoms with Gasteiger partial charge in [-0.2, -0.15) is 5.26 Å². The van der Waals surface area contributed by atoms with E-state index in [4.69, 9.17) is 5.26 Å². The van der Waals surface area contributed by atoms with E-state index in [2.05, 4.69) is 17.9 Å². The molecule has 2 fully saturated rings. The summed E-state index contributed by atoms with van der Waals surface area (Å²) >= 11 is 0. The van der Waals surface area contributed by atoms with E-state index in [1.54, 1.807) is 0 Å². The number of hydrogen-bond acceptors (Lipinski definition) is 3. The number of carbonyl (C=O) groups is 1. The second-order valence-electron chi connectivity index (χ2n) is 4.08. The third kappa shape index (κ3) is 1.48. The fraction of sp³-hybridized carbons (Fsp3) is 0.800. The van der Waals surface area contributed by atoms with Gasteiger partial charge in [0.05, 0.1) is 18.0 Å². The molecule has 0 radical (unpaired) electrons. The van der Waals surface area contributed by atoms with Gasteiger partial charge >= 0.3 is 0 Å². The Hall–Kier alpha value is -1.08. The van der Waals surface area contributed by atoms with Crippen molar-refractivity contribution in [2.24, 2.45) is 5.92 Å². The number of amides is 1. The van der Waals surface area contributed by atoms with Crippen molar-refractivity contribution in [3.63, 3.8) is 0 Å². The molecule has 2 aliphatic heterocycles. The van der Waals surface area contributed by atoms with Crippen LogP contribution in [0.2, 0.25) is 0 Å². The SMILES string of the molecule is CCN1CC(N2CC(C#N)CC2=O)C1. The predicted molar refractivity (Wildman–Crippen MR) is 51.3 cm³/mol. The summed E-state index contributed by atoms with van der Waals surface area (Å²) in [5.41, 5.74) is 0. The molecule has 2 rings (SSSR count). The molecule has 14 heavy (non-hydrogen) atoms. The lowest BCUT2D eigenvalue weighted by molar-refractivity contribution is -0.132. The third-order valence-electron chi connectivity index (χ3n) is 3.17. The van der Waals surface area contributed by atoms with Gasteiger partial charge in [-0.15, -0.1) is 0 Å². The molecule has 4 nitrogen and oxygen atoms in total. The molecule has 76 valence electrons. The molecule has 0 saturated carbocycles. The smallest absolute Gasteiger partial charge is 0.224 e. The Bertz CT molecular complexity index is 278. The van der Waals surface area contributed by atoms with Gasteiger partial charge in [-0.1, -0.05) is 6.92 Å². The molecule has 2 aliphatic rings. The number of rotatable bonds is 2. The van der Waals surface area contributed by atoms with Gasteiger partial charge in [-0.25, -0.2) is 0 Å². The zero-order valence-electron chi connectivity index (χ0n) is 8.44. The lowest BCUT2D eigenvalue weighted by atomic mass is 10.1. The van der Waals surface area contributed by atoms with Crippen LogP contribution in [0.5, 0.6) is 0 Å². The van der Waals surface area contributed by atoms with Crippen molar-refractivity contribution in [1.82, 2.24) is 9.80 Å². The van der Waals surface area contributed by atoms with Gasteiger partial charge in [0, 0.05) is 26.1 Å². The molecule has 0 aromatic heterocycles. The van der Waals surface area contributed by atoms with Crippen LogP contribution in [0.1, 0.15) is 13.3 Å². The summed E-state index contributed by atoms with van der Waals surface area (Å²) in [5.74, 6) is 0.0930. The van der Waals surface area contributed by atoms with Gasteiger partial charge < -0.3 is 4.90 Å². The zero-order chi connectivity index (χ0) is 10.1. The summed E-state index contributed by atoms with van der Waals surface area (Å²) in [7, 11) is 0. The number of hydrogen-bond donors (Lipinski definition) is 0. The maximum Gasteiger partial charge on any atom is 0.224 e. The fourth-order valence-electron chi connectivity index (χ4n) is 2.17. The quantitative estimate of drug-likeness (QED) is 0.623. The van der Waals surface area contributed by atoms with Crippen molar-refractivity contribution in [3.05, 3.63) is 0 Å². The van der Waals surface area contributed by atoms with E-state index in [-0.39, 0.29) is 11.8 Å². The van der Waals surface area contributed by atoms with Crippen LogP contribution in [0, 0.1) is 17.2 Å². The largest absolute Gasteiger partial charge is 0.336 e. The molecule has 4 heteroatoms. The van der Waals surface area contributed by atoms with Crippen LogP contribution < -0.4 is 0 Å². The molecule has 0 spiro atoms. The Morgan fingerprint density at radius 1 is 1.50 bits per heavy atom. The maximum atomic E-state index is 11.5. The van der Waals surface area contributed by atoms with Crippen LogP contribution >= 0.6 is 0 Å². The number of nitrogens with zero attached hydrogens (tertiary/aromatic N) is 3. The standard InChI is InChI=1S/C10H15N3O/c1-2-12-6-9(7-12)13-5-8(4-11)3-10(13)14/h8-9H,2-3,5-7H2,1H3. The van der Waals surface area contributed by atoms with Crippen LogP contribution in [0.25, 0.3) is 0 Å². The Morgan fingerprint density at radius 3 is 2.71 bits per heavy atom. The summed E-state index contributed by atoms with van der Waals surface area (Å²) < 4.78 is 0. The molecule has 1 amide bonds. The topological polar surface area (TPSA) is 47.3 Å². The maximum absolute atomic E-state index is 11.5. The number of likely N-dealkylation sites (tertiary alicyclic amines) is 2. The van der Waals surface area contributed by atoms with Gasteiger partial charge in [-0.05, 0) is 6.54 Å². The number of likely N-dealkylation sites (N-methyl/N-ethyl adjacent to an activating group) is 1. The van der Waals surface area contributed by atoms with Gasteiger partial charge in [0.2, 0.25) is 5.91 Å². The third-order valence-corrected chi connectivity index (χ3v) is 3.17. The van der Waals surface area contributed by atoms with E-state index in [9.17, 15) is 4.79 Å². The Morgan fingerprint density at radius 2 is 2.21 bits per heavy atom. The van der Waals surface area contributed by atoms with Crippen molar-refractivity contribution in [2.45, 2.75) is 19.4 Å². The van der Waals surface area contributed by atoms with E-state index in [0.717, 1.165) is 19.6 Å². The van der Waals surface area contributed by atoms with Crippen molar-refractivity contribution in [2.75, 3.05) is 26.2 Å². The first-order valence-electron chi connectivity index (χ1n) is 5.16.